The van der Waals surface area contributed by atoms with Crippen LogP contribution in [0.25, 0.3) is 0 Å². The molecule has 0 aliphatic carbocycles. The Hall–Kier alpha value is -4.00. The zero-order chi connectivity index (χ0) is 26.2. The van der Waals surface area contributed by atoms with E-state index in [0.29, 0.717) is 41.3 Å². The second-order valence-corrected chi connectivity index (χ2v) is 8.76. The van der Waals surface area contributed by atoms with E-state index in [1.165, 1.54) is 0 Å². The zero-order valence-corrected chi connectivity index (χ0v) is 21.7. The van der Waals surface area contributed by atoms with Gasteiger partial charge in [0.05, 0.1) is 32.6 Å². The molecule has 2 N–H and O–H groups in total. The highest BCUT2D eigenvalue weighted by molar-refractivity contribution is 6.09. The molecule has 0 saturated carbocycles. The van der Waals surface area contributed by atoms with Crippen molar-refractivity contribution in [2.24, 2.45) is 0 Å². The lowest BCUT2D eigenvalue weighted by Gasteiger charge is -2.17. The van der Waals surface area contributed by atoms with Gasteiger partial charge >= 0.3 is 0 Å². The highest BCUT2D eigenvalue weighted by atomic mass is 16.5. The Morgan fingerprint density at radius 3 is 2.17 bits per heavy atom. The Bertz CT molecular complexity index is 1240. The molecule has 7 heteroatoms. The van der Waals surface area contributed by atoms with Gasteiger partial charge in [0.2, 0.25) is 0 Å². The highest BCUT2D eigenvalue weighted by Crippen LogP contribution is 2.30. The summed E-state index contributed by atoms with van der Waals surface area (Å²) in [6.07, 6.45) is 0.615. The molecule has 0 unspecified atom stereocenters. The number of carbonyl (C=O) groups excluding carboxylic acids is 2. The van der Waals surface area contributed by atoms with Crippen LogP contribution in [0, 0.1) is 6.92 Å². The molecule has 0 radical (unpaired) electrons. The van der Waals surface area contributed by atoms with Gasteiger partial charge in [0, 0.05) is 12.1 Å². The van der Waals surface area contributed by atoms with Gasteiger partial charge in [0.15, 0.2) is 11.5 Å². The number of ether oxygens (including phenoxy) is 3. The van der Waals surface area contributed by atoms with E-state index in [4.69, 9.17) is 14.2 Å². The van der Waals surface area contributed by atoms with Crippen LogP contribution in [0.4, 0.5) is 5.69 Å². The van der Waals surface area contributed by atoms with E-state index < -0.39 is 0 Å². The van der Waals surface area contributed by atoms with E-state index in [0.717, 1.165) is 22.4 Å². The summed E-state index contributed by atoms with van der Waals surface area (Å²) in [6.45, 7) is 6.40. The van der Waals surface area contributed by atoms with Crippen LogP contribution in [0.3, 0.4) is 0 Å². The quantitative estimate of drug-likeness (QED) is 0.399. The third kappa shape index (κ3) is 6.16. The van der Waals surface area contributed by atoms with Crippen LogP contribution in [0.2, 0.25) is 0 Å². The van der Waals surface area contributed by atoms with Gasteiger partial charge in [0.1, 0.15) is 5.75 Å². The number of amides is 2. The van der Waals surface area contributed by atoms with Crippen molar-refractivity contribution in [2.75, 3.05) is 33.2 Å². The van der Waals surface area contributed by atoms with Gasteiger partial charge in [-0.2, -0.15) is 0 Å². The molecule has 3 aromatic carbocycles. The van der Waals surface area contributed by atoms with Crippen LogP contribution in [0.5, 0.6) is 17.2 Å². The fourth-order valence-corrected chi connectivity index (χ4v) is 4.00. The normalized spacial score (nSPS) is 10.6. The molecule has 3 aromatic rings. The lowest BCUT2D eigenvalue weighted by atomic mass is 9.96. The fraction of sp³-hybridized carbons (Fsp3) is 0.310. The number of benzene rings is 3. The van der Waals surface area contributed by atoms with Gasteiger partial charge in [-0.05, 0) is 72.4 Å². The van der Waals surface area contributed by atoms with E-state index in [9.17, 15) is 9.59 Å². The van der Waals surface area contributed by atoms with Crippen molar-refractivity contribution in [3.63, 3.8) is 0 Å². The molecule has 0 aromatic heterocycles. The summed E-state index contributed by atoms with van der Waals surface area (Å²) in [5.74, 6) is 1.71. The maximum atomic E-state index is 13.2. The number of carbonyl (C=O) groups is 2. The maximum absolute atomic E-state index is 13.2. The monoisotopic (exact) mass is 490 g/mol. The van der Waals surface area contributed by atoms with Gasteiger partial charge < -0.3 is 24.8 Å². The number of anilines is 1. The molecule has 0 fully saturated rings. The predicted octanol–water partition coefficient (Wildman–Crippen LogP) is 5.37. The molecule has 2 amide bonds. The number of methoxy groups -OCH3 is 3. The SMILES string of the molecule is COc1ccc(CCNC(=O)c2ccccc2NC(=O)c2cc(C(C)C)c(OC)cc2C)cc1OC. The first-order valence-electron chi connectivity index (χ1n) is 11.9. The van der Waals surface area contributed by atoms with E-state index in [2.05, 4.69) is 24.5 Å². The van der Waals surface area contributed by atoms with Gasteiger partial charge in [-0.25, -0.2) is 0 Å². The highest BCUT2D eigenvalue weighted by Gasteiger charge is 2.18. The largest absolute Gasteiger partial charge is 0.496 e. The first kappa shape index (κ1) is 26.6. The summed E-state index contributed by atoms with van der Waals surface area (Å²) >= 11 is 0. The predicted molar refractivity (Wildman–Crippen MR) is 142 cm³/mol. The van der Waals surface area contributed by atoms with Crippen molar-refractivity contribution in [3.8, 4) is 17.2 Å². The van der Waals surface area contributed by atoms with Crippen LogP contribution in [-0.4, -0.2) is 39.7 Å². The molecule has 0 saturated heterocycles. The summed E-state index contributed by atoms with van der Waals surface area (Å²) in [5.41, 5.74) is 4.15. The standard InChI is InChI=1S/C29H34N2O5/c1-18(2)22-17-23(19(3)15-26(22)35-5)29(33)31-24-10-8-7-9-21(24)28(32)30-14-13-20-11-12-25(34-4)27(16-20)36-6/h7-12,15-18H,13-14H2,1-6H3,(H,30,32)(H,31,33). The first-order chi connectivity index (χ1) is 17.3. The van der Waals surface area contributed by atoms with Crippen LogP contribution < -0.4 is 24.8 Å². The van der Waals surface area contributed by atoms with Crippen molar-refractivity contribution in [2.45, 2.75) is 33.1 Å². The van der Waals surface area contributed by atoms with Crippen LogP contribution in [0.1, 0.15) is 57.2 Å². The minimum Gasteiger partial charge on any atom is -0.496 e. The van der Waals surface area contributed by atoms with Gasteiger partial charge in [-0.3, -0.25) is 9.59 Å². The second kappa shape index (κ2) is 12.1. The van der Waals surface area contributed by atoms with Gasteiger partial charge in [-0.1, -0.05) is 32.0 Å². The Morgan fingerprint density at radius 1 is 0.806 bits per heavy atom. The van der Waals surface area contributed by atoms with Crippen molar-refractivity contribution in [3.05, 3.63) is 82.4 Å². The number of para-hydroxylation sites is 1. The molecule has 0 heterocycles. The van der Waals surface area contributed by atoms with Crippen molar-refractivity contribution in [1.29, 1.82) is 0 Å². The zero-order valence-electron chi connectivity index (χ0n) is 21.7. The molecule has 0 aliphatic rings. The summed E-state index contributed by atoms with van der Waals surface area (Å²) in [4.78, 5) is 26.2. The number of nitrogens with one attached hydrogen (secondary N) is 2. The van der Waals surface area contributed by atoms with E-state index in [1.54, 1.807) is 45.6 Å². The minimum atomic E-state index is -0.275. The van der Waals surface area contributed by atoms with Crippen molar-refractivity contribution < 1.29 is 23.8 Å². The molecule has 0 bridgehead atoms. The van der Waals surface area contributed by atoms with Crippen molar-refractivity contribution >= 4 is 17.5 Å². The number of aryl methyl sites for hydroxylation is 1. The molecular formula is C29H34N2O5. The van der Waals surface area contributed by atoms with Crippen LogP contribution in [0.15, 0.2) is 54.6 Å². The van der Waals surface area contributed by atoms with Gasteiger partial charge in [0.25, 0.3) is 11.8 Å². The van der Waals surface area contributed by atoms with E-state index >= 15 is 0 Å². The van der Waals surface area contributed by atoms with E-state index in [-0.39, 0.29) is 17.7 Å². The topological polar surface area (TPSA) is 85.9 Å². The smallest absolute Gasteiger partial charge is 0.255 e. The third-order valence-electron chi connectivity index (χ3n) is 6.01. The fourth-order valence-electron chi connectivity index (χ4n) is 4.00. The minimum absolute atomic E-state index is 0.191. The number of hydrogen-bond donors (Lipinski definition) is 2. The van der Waals surface area contributed by atoms with Crippen molar-refractivity contribution in [1.82, 2.24) is 5.32 Å². The summed E-state index contributed by atoms with van der Waals surface area (Å²) in [6, 6.07) is 16.4. The van der Waals surface area contributed by atoms with Crippen LogP contribution in [-0.2, 0) is 6.42 Å². The molecule has 0 atom stereocenters. The Balaban J connectivity index is 1.72. The summed E-state index contributed by atoms with van der Waals surface area (Å²) < 4.78 is 16.1. The molecule has 0 spiro atoms. The molecular weight excluding hydrogens is 456 g/mol. The van der Waals surface area contributed by atoms with Crippen LogP contribution >= 0.6 is 0 Å². The molecule has 0 aliphatic heterocycles. The molecule has 7 nitrogen and oxygen atoms in total. The molecule has 36 heavy (non-hydrogen) atoms. The average Bonchev–Trinajstić information content (AvgIpc) is 2.88. The number of rotatable bonds is 10. The second-order valence-electron chi connectivity index (χ2n) is 8.76. The summed E-state index contributed by atoms with van der Waals surface area (Å²) in [5, 5.41) is 5.86. The first-order valence-corrected chi connectivity index (χ1v) is 11.9. The maximum Gasteiger partial charge on any atom is 0.255 e. The Morgan fingerprint density at radius 2 is 1.50 bits per heavy atom. The third-order valence-corrected chi connectivity index (χ3v) is 6.01. The lowest BCUT2D eigenvalue weighted by Crippen LogP contribution is -2.27. The Kier molecular flexibility index (Phi) is 8.95. The van der Waals surface area contributed by atoms with E-state index in [1.807, 2.05) is 37.3 Å². The Labute approximate surface area is 212 Å². The number of hydrogen-bond acceptors (Lipinski definition) is 5. The average molecular weight is 491 g/mol. The van der Waals surface area contributed by atoms with Gasteiger partial charge in [-0.15, -0.1) is 0 Å². The molecule has 190 valence electrons. The summed E-state index contributed by atoms with van der Waals surface area (Å²) in [7, 11) is 4.80. The lowest BCUT2D eigenvalue weighted by molar-refractivity contribution is 0.0955. The molecule has 3 rings (SSSR count).